The normalized spacial score (nSPS) is 11.0. The number of carbonyl (C=O) groups is 1. The molecule has 0 aliphatic rings. The van der Waals surface area contributed by atoms with Gasteiger partial charge in [0, 0.05) is 30.6 Å². The van der Waals surface area contributed by atoms with Gasteiger partial charge in [-0.2, -0.15) is 5.10 Å². The Kier molecular flexibility index (Phi) is 5.43. The van der Waals surface area contributed by atoms with Gasteiger partial charge in [-0.3, -0.25) is 9.48 Å². The maximum absolute atomic E-state index is 12.1. The van der Waals surface area contributed by atoms with Crippen LogP contribution in [0.25, 0.3) is 0 Å². The van der Waals surface area contributed by atoms with Crippen LogP contribution in [0.4, 0.5) is 5.82 Å². The fourth-order valence-electron chi connectivity index (χ4n) is 1.69. The first-order valence-electron chi connectivity index (χ1n) is 6.72. The summed E-state index contributed by atoms with van der Waals surface area (Å²) >= 11 is 1.45. The third-order valence-electron chi connectivity index (χ3n) is 2.80. The molecule has 2 aromatic heterocycles. The molecule has 0 atom stereocenters. The van der Waals surface area contributed by atoms with E-state index in [-0.39, 0.29) is 5.91 Å². The summed E-state index contributed by atoms with van der Waals surface area (Å²) in [6, 6.07) is 1.78. The van der Waals surface area contributed by atoms with Gasteiger partial charge in [0.15, 0.2) is 5.82 Å². The predicted molar refractivity (Wildman–Crippen MR) is 83.6 cm³/mol. The third kappa shape index (κ3) is 4.62. The second kappa shape index (κ2) is 7.30. The van der Waals surface area contributed by atoms with Crippen molar-refractivity contribution >= 4 is 23.1 Å². The van der Waals surface area contributed by atoms with E-state index in [4.69, 9.17) is 5.73 Å². The van der Waals surface area contributed by atoms with Crippen LogP contribution >= 0.6 is 11.3 Å². The van der Waals surface area contributed by atoms with Gasteiger partial charge in [-0.1, -0.05) is 0 Å². The van der Waals surface area contributed by atoms with Crippen molar-refractivity contribution in [3.63, 3.8) is 0 Å². The lowest BCUT2D eigenvalue weighted by Crippen LogP contribution is -2.19. The molecule has 7 nitrogen and oxygen atoms in total. The highest BCUT2D eigenvalue weighted by Crippen LogP contribution is 2.12. The van der Waals surface area contributed by atoms with Crippen molar-refractivity contribution in [2.24, 2.45) is 5.73 Å². The van der Waals surface area contributed by atoms with Gasteiger partial charge < -0.3 is 16.0 Å². The van der Waals surface area contributed by atoms with E-state index >= 15 is 0 Å². The lowest BCUT2D eigenvalue weighted by atomic mass is 10.4. The molecule has 0 aliphatic heterocycles. The van der Waals surface area contributed by atoms with Gasteiger partial charge >= 0.3 is 0 Å². The van der Waals surface area contributed by atoms with E-state index < -0.39 is 0 Å². The second-order valence-electron chi connectivity index (χ2n) is 4.89. The summed E-state index contributed by atoms with van der Waals surface area (Å²) in [4.78, 5) is 18.4. The molecule has 0 unspecified atom stereocenters. The SMILES string of the molecule is CN(C)CCn1ccc(NC(=O)c2csc(CCN)n2)n1. The van der Waals surface area contributed by atoms with E-state index in [9.17, 15) is 4.79 Å². The highest BCUT2D eigenvalue weighted by atomic mass is 32.1. The molecular weight excluding hydrogens is 288 g/mol. The summed E-state index contributed by atoms with van der Waals surface area (Å²) in [5.74, 6) is 0.291. The number of hydrogen-bond donors (Lipinski definition) is 2. The number of carbonyl (C=O) groups excluding carboxylic acids is 1. The molecule has 0 radical (unpaired) electrons. The molecule has 0 saturated heterocycles. The molecule has 0 bridgehead atoms. The summed E-state index contributed by atoms with van der Waals surface area (Å²) in [6.07, 6.45) is 2.54. The molecule has 21 heavy (non-hydrogen) atoms. The summed E-state index contributed by atoms with van der Waals surface area (Å²) in [6.45, 7) is 2.20. The number of likely N-dealkylation sites (N-methyl/N-ethyl adjacent to an activating group) is 1. The Morgan fingerprint density at radius 3 is 3.05 bits per heavy atom. The van der Waals surface area contributed by atoms with E-state index in [0.29, 0.717) is 24.5 Å². The Hall–Kier alpha value is -1.77. The van der Waals surface area contributed by atoms with Crippen molar-refractivity contribution in [3.05, 3.63) is 28.3 Å². The number of nitrogens with zero attached hydrogens (tertiary/aromatic N) is 4. The molecule has 0 spiro atoms. The minimum atomic E-state index is -0.243. The molecular formula is C13H20N6OS. The lowest BCUT2D eigenvalue weighted by Gasteiger charge is -2.08. The standard InChI is InChI=1S/C13H20N6OS/c1-18(2)7-8-19-6-4-11(17-19)16-13(20)10-9-21-12(15-10)3-5-14/h4,6,9H,3,5,7-8,14H2,1-2H3,(H,16,17,20). The maximum Gasteiger partial charge on any atom is 0.276 e. The van der Waals surface area contributed by atoms with Crippen LogP contribution in [0.2, 0.25) is 0 Å². The molecule has 0 aliphatic carbocycles. The summed E-state index contributed by atoms with van der Waals surface area (Å²) in [5.41, 5.74) is 5.88. The molecule has 1 amide bonds. The number of thiazole rings is 1. The molecule has 8 heteroatoms. The van der Waals surface area contributed by atoms with Crippen LogP contribution in [0.5, 0.6) is 0 Å². The molecule has 114 valence electrons. The van der Waals surface area contributed by atoms with E-state index in [1.165, 1.54) is 11.3 Å². The fourth-order valence-corrected chi connectivity index (χ4v) is 2.48. The number of rotatable bonds is 7. The quantitative estimate of drug-likeness (QED) is 0.784. The lowest BCUT2D eigenvalue weighted by molar-refractivity contribution is 0.102. The van der Waals surface area contributed by atoms with Crippen molar-refractivity contribution in [2.75, 3.05) is 32.5 Å². The zero-order valence-electron chi connectivity index (χ0n) is 12.2. The van der Waals surface area contributed by atoms with E-state index in [1.807, 2.05) is 20.3 Å². The minimum absolute atomic E-state index is 0.243. The predicted octanol–water partition coefficient (Wildman–Crippen LogP) is 0.655. The Bertz CT molecular complexity index is 591. The number of nitrogens with two attached hydrogens (primary N) is 1. The Morgan fingerprint density at radius 2 is 2.33 bits per heavy atom. The smallest absolute Gasteiger partial charge is 0.276 e. The van der Waals surface area contributed by atoms with Gasteiger partial charge in [0.25, 0.3) is 5.91 Å². The molecule has 2 heterocycles. The first-order valence-corrected chi connectivity index (χ1v) is 7.60. The van der Waals surface area contributed by atoms with Crippen LogP contribution < -0.4 is 11.1 Å². The maximum atomic E-state index is 12.1. The molecule has 0 fully saturated rings. The molecule has 2 aromatic rings. The monoisotopic (exact) mass is 308 g/mol. The highest BCUT2D eigenvalue weighted by molar-refractivity contribution is 7.09. The van der Waals surface area contributed by atoms with Gasteiger partial charge in [-0.25, -0.2) is 4.98 Å². The van der Waals surface area contributed by atoms with Gasteiger partial charge in [0.1, 0.15) is 5.69 Å². The van der Waals surface area contributed by atoms with Crippen LogP contribution in [0, 0.1) is 0 Å². The first kappa shape index (κ1) is 15.6. The van der Waals surface area contributed by atoms with Crippen LogP contribution in [0.3, 0.4) is 0 Å². The van der Waals surface area contributed by atoms with E-state index in [2.05, 4.69) is 20.3 Å². The van der Waals surface area contributed by atoms with Crippen LogP contribution in [0.1, 0.15) is 15.5 Å². The topological polar surface area (TPSA) is 89.1 Å². The Labute approximate surface area is 127 Å². The third-order valence-corrected chi connectivity index (χ3v) is 3.71. The van der Waals surface area contributed by atoms with Gasteiger partial charge in [0.05, 0.1) is 11.6 Å². The van der Waals surface area contributed by atoms with Crippen LogP contribution in [0.15, 0.2) is 17.6 Å². The highest BCUT2D eigenvalue weighted by Gasteiger charge is 2.12. The van der Waals surface area contributed by atoms with Crippen molar-refractivity contribution in [1.82, 2.24) is 19.7 Å². The minimum Gasteiger partial charge on any atom is -0.330 e. The van der Waals surface area contributed by atoms with Crippen molar-refractivity contribution in [1.29, 1.82) is 0 Å². The molecule has 0 saturated carbocycles. The second-order valence-corrected chi connectivity index (χ2v) is 5.83. The largest absolute Gasteiger partial charge is 0.330 e. The van der Waals surface area contributed by atoms with E-state index in [1.54, 1.807) is 16.1 Å². The van der Waals surface area contributed by atoms with Gasteiger partial charge in [0.2, 0.25) is 0 Å². The zero-order chi connectivity index (χ0) is 15.2. The number of amides is 1. The number of hydrogen-bond acceptors (Lipinski definition) is 6. The number of aromatic nitrogens is 3. The summed E-state index contributed by atoms with van der Waals surface area (Å²) in [7, 11) is 4.01. The van der Waals surface area contributed by atoms with Crippen molar-refractivity contribution < 1.29 is 4.79 Å². The van der Waals surface area contributed by atoms with Crippen LogP contribution in [-0.4, -0.2) is 52.8 Å². The van der Waals surface area contributed by atoms with Crippen LogP contribution in [-0.2, 0) is 13.0 Å². The molecule has 2 rings (SSSR count). The Morgan fingerprint density at radius 1 is 1.52 bits per heavy atom. The van der Waals surface area contributed by atoms with Crippen molar-refractivity contribution in [3.8, 4) is 0 Å². The zero-order valence-corrected chi connectivity index (χ0v) is 13.1. The average molecular weight is 308 g/mol. The van der Waals surface area contributed by atoms with E-state index in [0.717, 1.165) is 18.1 Å². The number of anilines is 1. The summed E-state index contributed by atoms with van der Waals surface area (Å²) < 4.78 is 1.80. The number of nitrogens with one attached hydrogen (secondary N) is 1. The van der Waals surface area contributed by atoms with Gasteiger partial charge in [-0.05, 0) is 20.6 Å². The van der Waals surface area contributed by atoms with Gasteiger partial charge in [-0.15, -0.1) is 11.3 Å². The molecule has 3 N–H and O–H groups in total. The first-order chi connectivity index (χ1) is 10.1. The fraction of sp³-hybridized carbons (Fsp3) is 0.462. The summed E-state index contributed by atoms with van der Waals surface area (Å²) in [5, 5.41) is 9.67. The average Bonchev–Trinajstić information content (AvgIpc) is 3.06. The Balaban J connectivity index is 1.92. The van der Waals surface area contributed by atoms with Crippen molar-refractivity contribution in [2.45, 2.75) is 13.0 Å². The molecule has 0 aromatic carbocycles.